The largest absolute Gasteiger partial charge is 0.490 e. The Labute approximate surface area is 158 Å². The summed E-state index contributed by atoms with van der Waals surface area (Å²) in [7, 11) is 0. The molecule has 7 heteroatoms. The Bertz CT molecular complexity index is 912. The first kappa shape index (κ1) is 17.4. The van der Waals surface area contributed by atoms with Crippen LogP contribution in [0.1, 0.15) is 0 Å². The van der Waals surface area contributed by atoms with Crippen molar-refractivity contribution in [2.24, 2.45) is 0 Å². The summed E-state index contributed by atoms with van der Waals surface area (Å²) >= 11 is 0. The fourth-order valence-corrected chi connectivity index (χ4v) is 3.18. The van der Waals surface area contributed by atoms with E-state index in [1.165, 1.54) is 0 Å². The lowest BCUT2D eigenvalue weighted by molar-refractivity contribution is 0.212. The molecule has 1 aliphatic heterocycles. The van der Waals surface area contributed by atoms with Crippen LogP contribution in [-0.2, 0) is 0 Å². The van der Waals surface area contributed by atoms with Gasteiger partial charge in [-0.25, -0.2) is 9.97 Å². The lowest BCUT2D eigenvalue weighted by Crippen LogP contribution is -2.44. The van der Waals surface area contributed by atoms with Gasteiger partial charge in [0.1, 0.15) is 19.0 Å². The van der Waals surface area contributed by atoms with E-state index >= 15 is 0 Å². The number of aromatic nitrogens is 2. The standard InChI is InChI=1S/C20H23N5O2/c21-18-3-1-2-15-4-5-16(14-17(15)18)26-12-13-27-20-19(23-6-7-24-20)25-10-8-22-9-11-25/h1-7,14,22H,8-13,21H2. The number of piperazine rings is 1. The molecule has 0 spiro atoms. The summed E-state index contributed by atoms with van der Waals surface area (Å²) in [6, 6.07) is 11.8. The first-order chi connectivity index (χ1) is 13.3. The first-order valence-corrected chi connectivity index (χ1v) is 9.12. The summed E-state index contributed by atoms with van der Waals surface area (Å²) in [4.78, 5) is 11.0. The summed E-state index contributed by atoms with van der Waals surface area (Å²) in [5, 5.41) is 5.42. The zero-order valence-electron chi connectivity index (χ0n) is 15.1. The highest BCUT2D eigenvalue weighted by Gasteiger charge is 2.17. The predicted octanol–water partition coefficient (Wildman–Crippen LogP) is 2.08. The van der Waals surface area contributed by atoms with Crippen molar-refractivity contribution in [2.45, 2.75) is 0 Å². The van der Waals surface area contributed by atoms with Crippen molar-refractivity contribution in [3.05, 3.63) is 48.8 Å². The van der Waals surface area contributed by atoms with Gasteiger partial charge in [-0.05, 0) is 23.6 Å². The molecule has 3 N–H and O–H groups in total. The lowest BCUT2D eigenvalue weighted by atomic mass is 10.1. The van der Waals surface area contributed by atoms with Gasteiger partial charge in [0.15, 0.2) is 5.82 Å². The average Bonchev–Trinajstić information content (AvgIpc) is 2.73. The fourth-order valence-electron chi connectivity index (χ4n) is 3.18. The zero-order chi connectivity index (χ0) is 18.5. The van der Waals surface area contributed by atoms with Gasteiger partial charge < -0.3 is 25.4 Å². The van der Waals surface area contributed by atoms with Crippen molar-refractivity contribution < 1.29 is 9.47 Å². The van der Waals surface area contributed by atoms with Crippen molar-refractivity contribution in [1.29, 1.82) is 0 Å². The van der Waals surface area contributed by atoms with E-state index in [2.05, 4.69) is 20.2 Å². The van der Waals surface area contributed by atoms with E-state index in [0.717, 1.165) is 54.2 Å². The summed E-state index contributed by atoms with van der Waals surface area (Å²) in [5.41, 5.74) is 6.78. The molecule has 140 valence electrons. The van der Waals surface area contributed by atoms with Crippen LogP contribution in [0.4, 0.5) is 11.5 Å². The molecule has 0 unspecified atom stereocenters. The second-order valence-electron chi connectivity index (χ2n) is 6.35. The van der Waals surface area contributed by atoms with E-state index < -0.39 is 0 Å². The van der Waals surface area contributed by atoms with Gasteiger partial charge in [0.25, 0.3) is 5.88 Å². The zero-order valence-corrected chi connectivity index (χ0v) is 15.1. The number of rotatable bonds is 6. The second-order valence-corrected chi connectivity index (χ2v) is 6.35. The summed E-state index contributed by atoms with van der Waals surface area (Å²) in [6.07, 6.45) is 3.34. The number of fused-ring (bicyclic) bond motifs is 1. The van der Waals surface area contributed by atoms with Gasteiger partial charge in [0, 0.05) is 49.6 Å². The molecule has 4 rings (SSSR count). The van der Waals surface area contributed by atoms with Crippen LogP contribution in [0, 0.1) is 0 Å². The van der Waals surface area contributed by atoms with E-state index in [1.807, 2.05) is 36.4 Å². The maximum atomic E-state index is 6.04. The minimum Gasteiger partial charge on any atom is -0.490 e. The van der Waals surface area contributed by atoms with Crippen molar-refractivity contribution in [3.8, 4) is 11.6 Å². The first-order valence-electron chi connectivity index (χ1n) is 9.12. The van der Waals surface area contributed by atoms with E-state index in [4.69, 9.17) is 15.2 Å². The van der Waals surface area contributed by atoms with Gasteiger partial charge in [-0.15, -0.1) is 0 Å². The van der Waals surface area contributed by atoms with Gasteiger partial charge in [0.2, 0.25) is 0 Å². The SMILES string of the molecule is Nc1cccc2ccc(OCCOc3nccnc3N3CCNCC3)cc12. The molecule has 1 fully saturated rings. The maximum absolute atomic E-state index is 6.04. The number of nitrogens with zero attached hydrogens (tertiary/aromatic N) is 3. The smallest absolute Gasteiger partial charge is 0.257 e. The minimum absolute atomic E-state index is 0.389. The number of nitrogens with two attached hydrogens (primary N) is 1. The van der Waals surface area contributed by atoms with E-state index in [9.17, 15) is 0 Å². The van der Waals surface area contributed by atoms with Crippen molar-refractivity contribution in [2.75, 3.05) is 50.0 Å². The topological polar surface area (TPSA) is 85.5 Å². The maximum Gasteiger partial charge on any atom is 0.257 e. The van der Waals surface area contributed by atoms with Crippen LogP contribution in [-0.4, -0.2) is 49.4 Å². The van der Waals surface area contributed by atoms with Crippen molar-refractivity contribution in [3.63, 3.8) is 0 Å². The molecule has 3 aromatic rings. The van der Waals surface area contributed by atoms with Crippen LogP contribution in [0.15, 0.2) is 48.8 Å². The highest BCUT2D eigenvalue weighted by atomic mass is 16.5. The van der Waals surface area contributed by atoms with Gasteiger partial charge in [-0.3, -0.25) is 0 Å². The minimum atomic E-state index is 0.389. The molecule has 0 aliphatic carbocycles. The van der Waals surface area contributed by atoms with Crippen LogP contribution < -0.4 is 25.4 Å². The Hall–Kier alpha value is -3.06. The Kier molecular flexibility index (Phi) is 5.20. The van der Waals surface area contributed by atoms with Gasteiger partial charge >= 0.3 is 0 Å². The van der Waals surface area contributed by atoms with Gasteiger partial charge in [0.05, 0.1) is 0 Å². The fraction of sp³-hybridized carbons (Fsp3) is 0.300. The molecular weight excluding hydrogens is 342 g/mol. The second kappa shape index (κ2) is 8.09. The molecule has 0 atom stereocenters. The molecule has 1 saturated heterocycles. The molecule has 1 aliphatic rings. The molecule has 0 amide bonds. The molecular formula is C20H23N5O2. The molecule has 0 bridgehead atoms. The van der Waals surface area contributed by atoms with E-state index in [-0.39, 0.29) is 0 Å². The number of hydrogen-bond acceptors (Lipinski definition) is 7. The Balaban J connectivity index is 1.36. The summed E-state index contributed by atoms with van der Waals surface area (Å²) < 4.78 is 11.7. The van der Waals surface area contributed by atoms with E-state index in [0.29, 0.717) is 19.1 Å². The number of anilines is 2. The molecule has 7 nitrogen and oxygen atoms in total. The Morgan fingerprint density at radius 3 is 2.70 bits per heavy atom. The quantitative estimate of drug-likeness (QED) is 0.511. The number of benzene rings is 2. The molecule has 0 radical (unpaired) electrons. The van der Waals surface area contributed by atoms with Crippen LogP contribution in [0.3, 0.4) is 0 Å². The highest BCUT2D eigenvalue weighted by Crippen LogP contribution is 2.26. The van der Waals surface area contributed by atoms with Crippen molar-refractivity contribution >= 4 is 22.3 Å². The van der Waals surface area contributed by atoms with Crippen molar-refractivity contribution in [1.82, 2.24) is 15.3 Å². The third kappa shape index (κ3) is 4.03. The Morgan fingerprint density at radius 1 is 1.00 bits per heavy atom. The predicted molar refractivity (Wildman–Crippen MR) is 106 cm³/mol. The van der Waals surface area contributed by atoms with Crippen LogP contribution in [0.25, 0.3) is 10.8 Å². The van der Waals surface area contributed by atoms with Crippen LogP contribution in [0.5, 0.6) is 11.6 Å². The Morgan fingerprint density at radius 2 is 1.81 bits per heavy atom. The molecule has 2 aromatic carbocycles. The molecule has 27 heavy (non-hydrogen) atoms. The highest BCUT2D eigenvalue weighted by molar-refractivity contribution is 5.93. The monoisotopic (exact) mass is 365 g/mol. The molecule has 1 aromatic heterocycles. The van der Waals surface area contributed by atoms with Gasteiger partial charge in [-0.1, -0.05) is 18.2 Å². The number of ether oxygens (including phenoxy) is 2. The van der Waals surface area contributed by atoms with Crippen LogP contribution in [0.2, 0.25) is 0 Å². The normalized spacial score (nSPS) is 14.3. The summed E-state index contributed by atoms with van der Waals surface area (Å²) in [5.74, 6) is 2.11. The van der Waals surface area contributed by atoms with Gasteiger partial charge in [-0.2, -0.15) is 0 Å². The van der Waals surface area contributed by atoms with Crippen LogP contribution >= 0.6 is 0 Å². The molecule has 0 saturated carbocycles. The third-order valence-corrected chi connectivity index (χ3v) is 4.54. The molecule has 2 heterocycles. The number of hydrogen-bond donors (Lipinski definition) is 2. The third-order valence-electron chi connectivity index (χ3n) is 4.54. The average molecular weight is 365 g/mol. The summed E-state index contributed by atoms with van der Waals surface area (Å²) in [6.45, 7) is 4.46. The van der Waals surface area contributed by atoms with E-state index in [1.54, 1.807) is 12.4 Å². The lowest BCUT2D eigenvalue weighted by Gasteiger charge is -2.28. The number of nitrogen functional groups attached to an aromatic ring is 1. The number of nitrogens with one attached hydrogen (secondary N) is 1.